The molecule has 0 N–H and O–H groups in total. The van der Waals surface area contributed by atoms with Gasteiger partial charge >= 0.3 is 0 Å². The highest BCUT2D eigenvalue weighted by Crippen LogP contribution is 2.10. The molecule has 0 aromatic heterocycles. The molecule has 0 spiro atoms. The summed E-state index contributed by atoms with van der Waals surface area (Å²) < 4.78 is 26.8. The lowest BCUT2D eigenvalue weighted by molar-refractivity contribution is -0.287. The molecule has 0 fully saturated rings. The van der Waals surface area contributed by atoms with Gasteiger partial charge in [-0.2, -0.15) is 0 Å². The predicted molar refractivity (Wildman–Crippen MR) is 22.0 cm³/mol. The minimum Gasteiger partial charge on any atom is -0.543 e. The van der Waals surface area contributed by atoms with Crippen molar-refractivity contribution in [3.63, 3.8) is 0 Å². The van der Waals surface area contributed by atoms with Gasteiger partial charge in [0.2, 0.25) is 0 Å². The van der Waals surface area contributed by atoms with Crippen molar-refractivity contribution in [1.82, 2.24) is 0 Å². The van der Waals surface area contributed by atoms with Gasteiger partial charge in [0, 0.05) is 6.92 Å². The fourth-order valence-electron chi connectivity index (χ4n) is 0.186. The first-order chi connectivity index (χ1) is 3.92. The van der Waals surface area contributed by atoms with Crippen LogP contribution in [-0.4, -0.2) is 18.7 Å². The Morgan fingerprint density at radius 2 is 2.22 bits per heavy atom. The summed E-state index contributed by atoms with van der Waals surface area (Å²) in [5, 5.41) is 9.38. The molecule has 5 heteroatoms. The molecular formula is C4H5F2O3-. The van der Waals surface area contributed by atoms with E-state index in [1.807, 2.05) is 0 Å². The van der Waals surface area contributed by atoms with Crippen molar-refractivity contribution in [1.29, 1.82) is 0 Å². The van der Waals surface area contributed by atoms with Crippen LogP contribution >= 0.6 is 0 Å². The fourth-order valence-corrected chi connectivity index (χ4v) is 0.186. The number of carbonyl (C=O) groups is 1. The Morgan fingerprint density at radius 3 is 2.33 bits per heavy atom. The number of carbonyl (C=O) groups excluding carboxylic acids is 1. The maximum absolute atomic E-state index is 11.7. The second-order valence-corrected chi connectivity index (χ2v) is 1.61. The molecule has 0 radical (unpaired) electrons. The number of carboxylic acid groups (broad SMARTS) is 1. The smallest absolute Gasteiger partial charge is 0.262 e. The molecule has 0 aliphatic carbocycles. The van der Waals surface area contributed by atoms with Crippen LogP contribution in [0.1, 0.15) is 6.92 Å². The molecule has 0 unspecified atom stereocenters. The lowest BCUT2D eigenvalue weighted by Crippen LogP contribution is -2.29. The number of alkyl halides is 2. The molecule has 0 atom stereocenters. The standard InChI is InChI=1S/C4H6F2O3/c1-4(5,6)2-9-3(7)8/h2H2,1H3,(H,7,8)/p-1. The zero-order chi connectivity index (χ0) is 7.49. The Labute approximate surface area is 50.2 Å². The second kappa shape index (κ2) is 2.61. The first-order valence-electron chi connectivity index (χ1n) is 2.13. The van der Waals surface area contributed by atoms with Crippen molar-refractivity contribution in [3.05, 3.63) is 0 Å². The van der Waals surface area contributed by atoms with E-state index in [4.69, 9.17) is 0 Å². The maximum Gasteiger partial charge on any atom is 0.262 e. The average Bonchev–Trinajstić information content (AvgIpc) is 1.59. The molecule has 0 saturated carbocycles. The fraction of sp³-hybridized carbons (Fsp3) is 0.750. The summed E-state index contributed by atoms with van der Waals surface area (Å²) in [5.74, 6) is -3.11. The van der Waals surface area contributed by atoms with Crippen LogP contribution in [-0.2, 0) is 4.74 Å². The third kappa shape index (κ3) is 7.13. The number of hydrogen-bond acceptors (Lipinski definition) is 3. The van der Waals surface area contributed by atoms with E-state index in [1.165, 1.54) is 0 Å². The monoisotopic (exact) mass is 139 g/mol. The van der Waals surface area contributed by atoms with Crippen molar-refractivity contribution in [2.45, 2.75) is 12.8 Å². The van der Waals surface area contributed by atoms with Gasteiger partial charge in [-0.1, -0.05) is 0 Å². The van der Waals surface area contributed by atoms with Gasteiger partial charge in [-0.05, 0) is 0 Å². The van der Waals surface area contributed by atoms with Crippen molar-refractivity contribution in [2.75, 3.05) is 6.61 Å². The van der Waals surface area contributed by atoms with Gasteiger partial charge in [0.15, 0.2) is 0 Å². The lowest BCUT2D eigenvalue weighted by Gasteiger charge is -2.13. The van der Waals surface area contributed by atoms with Gasteiger partial charge in [-0.25, -0.2) is 8.78 Å². The zero-order valence-corrected chi connectivity index (χ0v) is 4.69. The normalized spacial score (nSPS) is 11.0. The summed E-state index contributed by atoms with van der Waals surface area (Å²) in [5.41, 5.74) is 0. The SMILES string of the molecule is CC(F)(F)COC(=O)[O-]. The van der Waals surface area contributed by atoms with Crippen LogP contribution in [0.15, 0.2) is 0 Å². The van der Waals surface area contributed by atoms with Crippen LogP contribution in [0.2, 0.25) is 0 Å². The first kappa shape index (κ1) is 8.13. The molecule has 3 nitrogen and oxygen atoms in total. The number of ether oxygens (including phenoxy) is 1. The van der Waals surface area contributed by atoms with Crippen LogP contribution in [0.3, 0.4) is 0 Å². The second-order valence-electron chi connectivity index (χ2n) is 1.61. The Morgan fingerprint density at radius 1 is 1.78 bits per heavy atom. The van der Waals surface area contributed by atoms with Crippen molar-refractivity contribution < 1.29 is 23.4 Å². The van der Waals surface area contributed by atoms with Crippen LogP contribution in [0.5, 0.6) is 0 Å². The molecular weight excluding hydrogens is 134 g/mol. The van der Waals surface area contributed by atoms with Crippen LogP contribution in [0.25, 0.3) is 0 Å². The van der Waals surface area contributed by atoms with Crippen molar-refractivity contribution in [3.8, 4) is 0 Å². The van der Waals surface area contributed by atoms with E-state index in [-0.39, 0.29) is 0 Å². The van der Waals surface area contributed by atoms with Gasteiger partial charge in [-0.3, -0.25) is 0 Å². The molecule has 0 aliphatic rings. The van der Waals surface area contributed by atoms with E-state index in [0.29, 0.717) is 6.92 Å². The molecule has 0 bridgehead atoms. The first-order valence-corrected chi connectivity index (χ1v) is 2.13. The highest BCUT2D eigenvalue weighted by atomic mass is 19.3. The quantitative estimate of drug-likeness (QED) is 0.506. The van der Waals surface area contributed by atoms with Crippen molar-refractivity contribution in [2.24, 2.45) is 0 Å². The zero-order valence-electron chi connectivity index (χ0n) is 4.69. The molecule has 0 aromatic rings. The topological polar surface area (TPSA) is 49.4 Å². The van der Waals surface area contributed by atoms with E-state index in [0.717, 1.165) is 0 Å². The highest BCUT2D eigenvalue weighted by molar-refractivity contribution is 5.53. The largest absolute Gasteiger partial charge is 0.543 e. The van der Waals surface area contributed by atoms with Gasteiger partial charge in [0.25, 0.3) is 12.1 Å². The van der Waals surface area contributed by atoms with Gasteiger partial charge in [0.05, 0.1) is 6.61 Å². The van der Waals surface area contributed by atoms with Crippen molar-refractivity contribution >= 4 is 6.16 Å². The number of halogens is 2. The van der Waals surface area contributed by atoms with E-state index >= 15 is 0 Å². The molecule has 0 rings (SSSR count). The molecule has 0 saturated heterocycles. The highest BCUT2D eigenvalue weighted by Gasteiger charge is 2.19. The Hall–Kier alpha value is -0.870. The molecule has 0 aliphatic heterocycles. The Kier molecular flexibility index (Phi) is 2.36. The summed E-state index contributed by atoms with van der Waals surface area (Å²) in [4.78, 5) is 9.38. The van der Waals surface area contributed by atoms with E-state index in [1.54, 1.807) is 0 Å². The summed E-state index contributed by atoms with van der Waals surface area (Å²) in [6, 6.07) is 0. The van der Waals surface area contributed by atoms with Gasteiger partial charge < -0.3 is 14.6 Å². The van der Waals surface area contributed by atoms with Crippen LogP contribution < -0.4 is 5.11 Å². The van der Waals surface area contributed by atoms with Crippen LogP contribution in [0, 0.1) is 0 Å². The predicted octanol–water partition coefficient (Wildman–Crippen LogP) is 0.00150. The minimum absolute atomic E-state index is 0.552. The van der Waals surface area contributed by atoms with Gasteiger partial charge in [-0.15, -0.1) is 0 Å². The summed E-state index contributed by atoms with van der Waals surface area (Å²) in [7, 11) is 0. The van der Waals surface area contributed by atoms with E-state index < -0.39 is 18.7 Å². The Balaban J connectivity index is 3.39. The summed E-state index contributed by atoms with van der Waals surface area (Å²) in [6.07, 6.45) is -1.93. The maximum atomic E-state index is 11.7. The third-order valence-corrected chi connectivity index (χ3v) is 0.443. The average molecular weight is 139 g/mol. The molecule has 0 heterocycles. The molecule has 0 aromatic carbocycles. The third-order valence-electron chi connectivity index (χ3n) is 0.443. The lowest BCUT2D eigenvalue weighted by atomic mass is 10.4. The van der Waals surface area contributed by atoms with Gasteiger partial charge in [0.1, 0.15) is 0 Å². The summed E-state index contributed by atoms with van der Waals surface area (Å²) in [6.45, 7) is -0.592. The summed E-state index contributed by atoms with van der Waals surface area (Å²) >= 11 is 0. The molecule has 54 valence electrons. The minimum atomic E-state index is -3.11. The van der Waals surface area contributed by atoms with E-state index in [9.17, 15) is 18.7 Å². The van der Waals surface area contributed by atoms with Crippen LogP contribution in [0.4, 0.5) is 13.6 Å². The molecule has 9 heavy (non-hydrogen) atoms. The Bertz CT molecular complexity index is 107. The number of rotatable bonds is 2. The molecule has 0 amide bonds. The number of hydrogen-bond donors (Lipinski definition) is 0. The van der Waals surface area contributed by atoms with E-state index in [2.05, 4.69) is 4.74 Å².